The largest absolute Gasteiger partial charge is 0.496 e. The average molecular weight is 514 g/mol. The summed E-state index contributed by atoms with van der Waals surface area (Å²) in [5, 5.41) is 6.91. The summed E-state index contributed by atoms with van der Waals surface area (Å²) in [6.07, 6.45) is 4.83. The Morgan fingerprint density at radius 2 is 1.82 bits per heavy atom. The summed E-state index contributed by atoms with van der Waals surface area (Å²) in [5.41, 5.74) is 5.17. The van der Waals surface area contributed by atoms with Crippen LogP contribution in [0.5, 0.6) is 5.75 Å². The first kappa shape index (κ1) is 25.3. The molecule has 1 fully saturated rings. The lowest BCUT2D eigenvalue weighted by Gasteiger charge is -2.32. The van der Waals surface area contributed by atoms with Crippen LogP contribution < -0.4 is 15.4 Å². The second-order valence-electron chi connectivity index (χ2n) is 9.25. The number of benzene rings is 2. The summed E-state index contributed by atoms with van der Waals surface area (Å²) in [4.78, 5) is 35.4. The minimum absolute atomic E-state index is 0.127. The number of fused-ring (bicyclic) bond motifs is 1. The molecule has 0 unspecified atom stereocenters. The number of rotatable bonds is 6. The fourth-order valence-corrected chi connectivity index (χ4v) is 4.96. The van der Waals surface area contributed by atoms with E-state index >= 15 is 0 Å². The third-order valence-corrected chi connectivity index (χ3v) is 7.12. The zero-order valence-electron chi connectivity index (χ0n) is 21.7. The van der Waals surface area contributed by atoms with Crippen LogP contribution in [0, 0.1) is 0 Å². The van der Waals surface area contributed by atoms with Gasteiger partial charge in [0.25, 0.3) is 5.91 Å². The Morgan fingerprint density at radius 1 is 1.03 bits per heavy atom. The Balaban J connectivity index is 1.54. The number of hydrogen-bond acceptors (Lipinski definition) is 6. The minimum Gasteiger partial charge on any atom is -0.496 e. The number of nitrogens with zero attached hydrogens (tertiary/aromatic N) is 2. The number of amides is 2. The number of hydrogen-bond donors (Lipinski definition) is 3. The number of ether oxygens (including phenoxy) is 2. The SMILES string of the molecule is CNC1CCN(C(=O)c2cc(-c3cnc4[nH]cc(-c5ccccc5OC)c4c3)ccc2NC(=O)OC)CC1. The fourth-order valence-electron chi connectivity index (χ4n) is 4.96. The highest BCUT2D eigenvalue weighted by atomic mass is 16.5. The molecule has 9 heteroatoms. The van der Waals surface area contributed by atoms with Gasteiger partial charge in [-0.3, -0.25) is 10.1 Å². The van der Waals surface area contributed by atoms with Crippen LogP contribution in [-0.2, 0) is 4.74 Å². The van der Waals surface area contributed by atoms with Gasteiger partial charge in [-0.25, -0.2) is 9.78 Å². The highest BCUT2D eigenvalue weighted by Crippen LogP contribution is 2.36. The maximum Gasteiger partial charge on any atom is 0.411 e. The molecule has 5 rings (SSSR count). The van der Waals surface area contributed by atoms with Gasteiger partial charge in [0.2, 0.25) is 0 Å². The van der Waals surface area contributed by atoms with Crippen LogP contribution in [0.4, 0.5) is 10.5 Å². The van der Waals surface area contributed by atoms with Crippen LogP contribution in [0.15, 0.2) is 60.9 Å². The molecule has 0 radical (unpaired) electrons. The number of nitrogens with one attached hydrogen (secondary N) is 3. The highest BCUT2D eigenvalue weighted by Gasteiger charge is 2.25. The molecule has 2 aromatic heterocycles. The molecule has 38 heavy (non-hydrogen) atoms. The van der Waals surface area contributed by atoms with Crippen molar-refractivity contribution in [3.63, 3.8) is 0 Å². The maximum atomic E-state index is 13.6. The van der Waals surface area contributed by atoms with Crippen molar-refractivity contribution in [2.45, 2.75) is 18.9 Å². The van der Waals surface area contributed by atoms with Crippen LogP contribution >= 0.6 is 0 Å². The van der Waals surface area contributed by atoms with Gasteiger partial charge in [0, 0.05) is 53.6 Å². The first-order chi connectivity index (χ1) is 18.5. The number of para-hydroxylation sites is 1. The fraction of sp³-hybridized carbons (Fsp3) is 0.276. The van der Waals surface area contributed by atoms with Gasteiger partial charge in [0.1, 0.15) is 11.4 Å². The van der Waals surface area contributed by atoms with Gasteiger partial charge < -0.3 is 24.7 Å². The predicted octanol–water partition coefficient (Wildman–Crippen LogP) is 4.91. The Bertz CT molecular complexity index is 1470. The van der Waals surface area contributed by atoms with Gasteiger partial charge in [-0.05, 0) is 49.7 Å². The predicted molar refractivity (Wildman–Crippen MR) is 148 cm³/mol. The molecule has 9 nitrogen and oxygen atoms in total. The molecule has 0 spiro atoms. The molecule has 0 aliphatic carbocycles. The number of piperidine rings is 1. The van der Waals surface area contributed by atoms with E-state index < -0.39 is 6.09 Å². The molecule has 3 heterocycles. The molecule has 1 aliphatic rings. The maximum absolute atomic E-state index is 13.6. The van der Waals surface area contributed by atoms with E-state index in [-0.39, 0.29) is 5.91 Å². The Kier molecular flexibility index (Phi) is 7.28. The molecule has 0 bridgehead atoms. The van der Waals surface area contributed by atoms with Crippen molar-refractivity contribution in [1.82, 2.24) is 20.2 Å². The molecule has 0 atom stereocenters. The van der Waals surface area contributed by atoms with Crippen molar-refractivity contribution in [1.29, 1.82) is 0 Å². The molecule has 3 N–H and O–H groups in total. The lowest BCUT2D eigenvalue weighted by atomic mass is 9.98. The second kappa shape index (κ2) is 10.9. The van der Waals surface area contributed by atoms with E-state index in [0.29, 0.717) is 30.4 Å². The van der Waals surface area contributed by atoms with E-state index in [1.54, 1.807) is 19.4 Å². The topological polar surface area (TPSA) is 109 Å². The number of carbonyl (C=O) groups excluding carboxylic acids is 2. The van der Waals surface area contributed by atoms with Crippen molar-refractivity contribution < 1.29 is 19.1 Å². The second-order valence-corrected chi connectivity index (χ2v) is 9.25. The highest BCUT2D eigenvalue weighted by molar-refractivity contribution is 6.04. The Hall–Kier alpha value is -4.37. The molecule has 4 aromatic rings. The van der Waals surface area contributed by atoms with Crippen LogP contribution in [-0.4, -0.2) is 67.3 Å². The summed E-state index contributed by atoms with van der Waals surface area (Å²) >= 11 is 0. The summed E-state index contributed by atoms with van der Waals surface area (Å²) in [5.74, 6) is 0.644. The van der Waals surface area contributed by atoms with Gasteiger partial charge in [-0.1, -0.05) is 24.3 Å². The smallest absolute Gasteiger partial charge is 0.411 e. The van der Waals surface area contributed by atoms with Gasteiger partial charge in [-0.2, -0.15) is 0 Å². The Morgan fingerprint density at radius 3 is 2.55 bits per heavy atom. The number of methoxy groups -OCH3 is 2. The molecule has 2 amide bonds. The molecule has 196 valence electrons. The van der Waals surface area contributed by atoms with Crippen molar-refractivity contribution >= 4 is 28.7 Å². The van der Waals surface area contributed by atoms with E-state index in [9.17, 15) is 9.59 Å². The van der Waals surface area contributed by atoms with Crippen molar-refractivity contribution in [2.75, 3.05) is 39.7 Å². The molecule has 1 saturated heterocycles. The van der Waals surface area contributed by atoms with E-state index in [0.717, 1.165) is 51.9 Å². The number of carbonyl (C=O) groups is 2. The van der Waals surface area contributed by atoms with Crippen LogP contribution in [0.1, 0.15) is 23.2 Å². The first-order valence-electron chi connectivity index (χ1n) is 12.6. The molecular formula is C29H31N5O4. The third kappa shape index (κ3) is 4.92. The summed E-state index contributed by atoms with van der Waals surface area (Å²) in [7, 11) is 4.89. The number of likely N-dealkylation sites (tertiary alicyclic amines) is 1. The minimum atomic E-state index is -0.627. The summed E-state index contributed by atoms with van der Waals surface area (Å²) in [6.45, 7) is 1.29. The van der Waals surface area contributed by atoms with E-state index in [1.165, 1.54) is 7.11 Å². The van der Waals surface area contributed by atoms with Gasteiger partial charge in [-0.15, -0.1) is 0 Å². The number of anilines is 1. The quantitative estimate of drug-likeness (QED) is 0.338. The van der Waals surface area contributed by atoms with Gasteiger partial charge in [0.05, 0.1) is 25.5 Å². The zero-order chi connectivity index (χ0) is 26.6. The average Bonchev–Trinajstić information content (AvgIpc) is 3.40. The Labute approximate surface area is 221 Å². The van der Waals surface area contributed by atoms with E-state index in [2.05, 4.69) is 26.7 Å². The van der Waals surface area contributed by atoms with E-state index in [4.69, 9.17) is 9.47 Å². The lowest BCUT2D eigenvalue weighted by molar-refractivity contribution is 0.0708. The van der Waals surface area contributed by atoms with Crippen molar-refractivity contribution in [3.05, 3.63) is 66.5 Å². The molecule has 2 aromatic carbocycles. The monoisotopic (exact) mass is 513 g/mol. The van der Waals surface area contributed by atoms with Gasteiger partial charge in [0.15, 0.2) is 0 Å². The van der Waals surface area contributed by atoms with Gasteiger partial charge >= 0.3 is 6.09 Å². The molecule has 1 aliphatic heterocycles. The number of aromatic nitrogens is 2. The lowest BCUT2D eigenvalue weighted by Crippen LogP contribution is -2.44. The van der Waals surface area contributed by atoms with Crippen LogP contribution in [0.2, 0.25) is 0 Å². The van der Waals surface area contributed by atoms with Crippen molar-refractivity contribution in [3.8, 4) is 28.0 Å². The van der Waals surface area contributed by atoms with Crippen LogP contribution in [0.3, 0.4) is 0 Å². The standard InChI is InChI=1S/C29H31N5O4/c1-30-20-10-12-34(13-11-20)28(35)23-14-18(8-9-25(23)33-29(36)38-3)19-15-22-24(17-32-27(22)31-16-19)21-6-4-5-7-26(21)37-2/h4-9,14-17,20,30H,10-13H2,1-3H3,(H,31,32)(H,33,36). The summed E-state index contributed by atoms with van der Waals surface area (Å²) < 4.78 is 10.4. The summed E-state index contributed by atoms with van der Waals surface area (Å²) in [6, 6.07) is 15.7. The number of aromatic amines is 1. The zero-order valence-corrected chi connectivity index (χ0v) is 21.7. The third-order valence-electron chi connectivity index (χ3n) is 7.12. The van der Waals surface area contributed by atoms with E-state index in [1.807, 2.05) is 54.5 Å². The van der Waals surface area contributed by atoms with Crippen LogP contribution in [0.25, 0.3) is 33.3 Å². The molecule has 0 saturated carbocycles. The normalized spacial score (nSPS) is 13.9. The van der Waals surface area contributed by atoms with Crippen molar-refractivity contribution in [2.24, 2.45) is 0 Å². The number of H-pyrrole nitrogens is 1. The first-order valence-corrected chi connectivity index (χ1v) is 12.6. The molecular weight excluding hydrogens is 482 g/mol. The number of pyridine rings is 1.